The van der Waals surface area contributed by atoms with E-state index in [2.05, 4.69) is 31.6 Å². The minimum absolute atomic E-state index is 0.285. The number of piperidine rings is 1. The van der Waals surface area contributed by atoms with Crippen LogP contribution < -0.4 is 4.90 Å². The highest BCUT2D eigenvalue weighted by atomic mass is 32.1. The number of thiazole rings is 1. The lowest BCUT2D eigenvalue weighted by molar-refractivity contribution is 0.00627. The number of piperazine rings is 1. The molecule has 0 amide bonds. The maximum atomic E-state index is 9.55. The first-order chi connectivity index (χ1) is 12.1. The summed E-state index contributed by atoms with van der Waals surface area (Å²) in [5, 5.41) is 10.6. The van der Waals surface area contributed by atoms with Crippen LogP contribution in [0.5, 0.6) is 0 Å². The maximum absolute atomic E-state index is 9.55. The number of hydrogen-bond acceptors (Lipinski definition) is 7. The van der Waals surface area contributed by atoms with Crippen molar-refractivity contribution in [2.24, 2.45) is 0 Å². The molecule has 2 aliphatic heterocycles. The fourth-order valence-corrected chi connectivity index (χ4v) is 4.96. The zero-order valence-corrected chi connectivity index (χ0v) is 16.7. The second-order valence-corrected chi connectivity index (χ2v) is 8.77. The van der Waals surface area contributed by atoms with Crippen LogP contribution in [-0.2, 0) is 6.54 Å². The van der Waals surface area contributed by atoms with Crippen molar-refractivity contribution in [2.75, 3.05) is 65.4 Å². The zero-order valence-electron chi connectivity index (χ0n) is 15.9. The van der Waals surface area contributed by atoms with Gasteiger partial charge in [0.25, 0.3) is 0 Å². The Labute approximate surface area is 156 Å². The first kappa shape index (κ1) is 19.0. The van der Waals surface area contributed by atoms with Crippen LogP contribution >= 0.6 is 11.3 Å². The molecule has 2 fully saturated rings. The van der Waals surface area contributed by atoms with Gasteiger partial charge in [0.2, 0.25) is 0 Å². The first-order valence-corrected chi connectivity index (χ1v) is 10.3. The second-order valence-electron chi connectivity index (χ2n) is 7.68. The Morgan fingerprint density at radius 3 is 2.64 bits per heavy atom. The van der Waals surface area contributed by atoms with E-state index in [0.717, 1.165) is 37.7 Å². The molecule has 0 bridgehead atoms. The molecule has 0 saturated carbocycles. The molecular formula is C18H33N5OS. The molecular weight excluding hydrogens is 334 g/mol. The molecule has 0 radical (unpaired) electrons. The van der Waals surface area contributed by atoms with Crippen LogP contribution in [0.3, 0.4) is 0 Å². The van der Waals surface area contributed by atoms with Gasteiger partial charge in [-0.3, -0.25) is 9.80 Å². The predicted octanol–water partition coefficient (Wildman–Crippen LogP) is 1.17. The van der Waals surface area contributed by atoms with Crippen LogP contribution in [0.1, 0.15) is 24.1 Å². The van der Waals surface area contributed by atoms with E-state index in [1.807, 2.05) is 20.3 Å². The molecule has 7 heteroatoms. The SMILES string of the molecule is CN1CCC(N2CCN(Cc3cnc(N(C)C)s3)CC2CCO)CC1. The molecule has 1 aromatic heterocycles. The number of likely N-dealkylation sites (tertiary alicyclic amines) is 1. The van der Waals surface area contributed by atoms with Crippen molar-refractivity contribution in [3.8, 4) is 0 Å². The van der Waals surface area contributed by atoms with E-state index in [0.29, 0.717) is 12.1 Å². The lowest BCUT2D eigenvalue weighted by Crippen LogP contribution is -2.58. The third kappa shape index (κ3) is 4.92. The van der Waals surface area contributed by atoms with Crippen LogP contribution in [0, 0.1) is 0 Å². The van der Waals surface area contributed by atoms with Gasteiger partial charge in [0.15, 0.2) is 5.13 Å². The molecule has 2 saturated heterocycles. The van der Waals surface area contributed by atoms with E-state index in [1.165, 1.54) is 30.8 Å². The summed E-state index contributed by atoms with van der Waals surface area (Å²) in [6.45, 7) is 6.96. The first-order valence-electron chi connectivity index (χ1n) is 9.46. The van der Waals surface area contributed by atoms with Gasteiger partial charge in [0.1, 0.15) is 0 Å². The van der Waals surface area contributed by atoms with E-state index >= 15 is 0 Å². The molecule has 1 atom stereocenters. The van der Waals surface area contributed by atoms with E-state index in [4.69, 9.17) is 0 Å². The minimum Gasteiger partial charge on any atom is -0.396 e. The highest BCUT2D eigenvalue weighted by Crippen LogP contribution is 2.26. The number of anilines is 1. The normalized spacial score (nSPS) is 24.7. The largest absolute Gasteiger partial charge is 0.396 e. The summed E-state index contributed by atoms with van der Waals surface area (Å²) in [7, 11) is 6.30. The number of rotatable bonds is 6. The number of nitrogens with zero attached hydrogens (tertiary/aromatic N) is 5. The van der Waals surface area contributed by atoms with Crippen molar-refractivity contribution < 1.29 is 5.11 Å². The van der Waals surface area contributed by atoms with E-state index < -0.39 is 0 Å². The summed E-state index contributed by atoms with van der Waals surface area (Å²) < 4.78 is 0. The average Bonchev–Trinajstić information content (AvgIpc) is 3.05. The summed E-state index contributed by atoms with van der Waals surface area (Å²) in [6, 6.07) is 1.17. The second kappa shape index (κ2) is 8.77. The molecule has 0 aromatic carbocycles. The number of aromatic nitrogens is 1. The molecule has 25 heavy (non-hydrogen) atoms. The molecule has 3 heterocycles. The van der Waals surface area contributed by atoms with E-state index in [9.17, 15) is 5.11 Å². The standard InChI is InChI=1S/C18H33N5OS/c1-20(2)18-19-12-17(25-18)14-22-9-10-23(16(13-22)6-11-24)15-4-7-21(3)8-5-15/h12,15-16,24H,4-11,13-14H2,1-3H3. The van der Waals surface area contributed by atoms with Gasteiger partial charge in [0, 0.05) is 70.0 Å². The van der Waals surface area contributed by atoms with Crippen molar-refractivity contribution >= 4 is 16.5 Å². The highest BCUT2D eigenvalue weighted by Gasteiger charge is 2.33. The molecule has 1 aromatic rings. The third-order valence-electron chi connectivity index (χ3n) is 5.54. The Balaban J connectivity index is 1.58. The molecule has 6 nitrogen and oxygen atoms in total. The molecule has 1 unspecified atom stereocenters. The van der Waals surface area contributed by atoms with E-state index in [1.54, 1.807) is 11.3 Å². The maximum Gasteiger partial charge on any atom is 0.185 e. The van der Waals surface area contributed by atoms with Crippen LogP contribution in [0.25, 0.3) is 0 Å². The van der Waals surface area contributed by atoms with Crippen LogP contribution in [0.4, 0.5) is 5.13 Å². The van der Waals surface area contributed by atoms with Crippen LogP contribution in [0.15, 0.2) is 6.20 Å². The summed E-state index contributed by atoms with van der Waals surface area (Å²) in [5.41, 5.74) is 0. The zero-order chi connectivity index (χ0) is 17.8. The van der Waals surface area contributed by atoms with Gasteiger partial charge >= 0.3 is 0 Å². The summed E-state index contributed by atoms with van der Waals surface area (Å²) >= 11 is 1.78. The molecule has 3 rings (SSSR count). The Morgan fingerprint density at radius 2 is 2.00 bits per heavy atom. The topological polar surface area (TPSA) is 46.1 Å². The Kier molecular flexibility index (Phi) is 6.68. The van der Waals surface area contributed by atoms with Gasteiger partial charge in [-0.1, -0.05) is 0 Å². The quantitative estimate of drug-likeness (QED) is 0.814. The van der Waals surface area contributed by atoms with Crippen LogP contribution in [0.2, 0.25) is 0 Å². The molecule has 2 aliphatic rings. The Bertz CT molecular complexity index is 529. The number of aliphatic hydroxyl groups is 1. The summed E-state index contributed by atoms with van der Waals surface area (Å²) in [6.07, 6.45) is 5.43. The van der Waals surface area contributed by atoms with E-state index in [-0.39, 0.29) is 6.61 Å². The van der Waals surface area contributed by atoms with Crippen molar-refractivity contribution in [2.45, 2.75) is 37.9 Å². The third-order valence-corrected chi connectivity index (χ3v) is 6.69. The Hall–Kier alpha value is -0.730. The fraction of sp³-hybridized carbons (Fsp3) is 0.833. The van der Waals surface area contributed by atoms with Crippen molar-refractivity contribution in [1.29, 1.82) is 0 Å². The smallest absolute Gasteiger partial charge is 0.185 e. The lowest BCUT2D eigenvalue weighted by atomic mass is 9.98. The van der Waals surface area contributed by atoms with Gasteiger partial charge in [-0.25, -0.2) is 4.98 Å². The molecule has 1 N–H and O–H groups in total. The van der Waals surface area contributed by atoms with Gasteiger partial charge in [-0.05, 0) is 39.4 Å². The number of hydrogen-bond donors (Lipinski definition) is 1. The van der Waals surface area contributed by atoms with Crippen molar-refractivity contribution in [1.82, 2.24) is 19.7 Å². The van der Waals surface area contributed by atoms with Gasteiger partial charge in [0.05, 0.1) is 0 Å². The monoisotopic (exact) mass is 367 g/mol. The molecule has 142 valence electrons. The highest BCUT2D eigenvalue weighted by molar-refractivity contribution is 7.15. The summed E-state index contributed by atoms with van der Waals surface area (Å²) in [5.74, 6) is 0. The van der Waals surface area contributed by atoms with Crippen LogP contribution in [-0.4, -0.2) is 97.3 Å². The van der Waals surface area contributed by atoms with Gasteiger partial charge in [-0.2, -0.15) is 0 Å². The summed E-state index contributed by atoms with van der Waals surface area (Å²) in [4.78, 5) is 15.6. The van der Waals surface area contributed by atoms with Crippen molar-refractivity contribution in [3.05, 3.63) is 11.1 Å². The average molecular weight is 368 g/mol. The molecule has 0 spiro atoms. The Morgan fingerprint density at radius 1 is 1.24 bits per heavy atom. The van der Waals surface area contributed by atoms with Gasteiger partial charge in [-0.15, -0.1) is 11.3 Å². The molecule has 0 aliphatic carbocycles. The van der Waals surface area contributed by atoms with Crippen molar-refractivity contribution in [3.63, 3.8) is 0 Å². The number of aliphatic hydroxyl groups excluding tert-OH is 1. The van der Waals surface area contributed by atoms with Gasteiger partial charge < -0.3 is 14.9 Å². The predicted molar refractivity (Wildman–Crippen MR) is 104 cm³/mol. The fourth-order valence-electron chi connectivity index (χ4n) is 4.09. The minimum atomic E-state index is 0.285. The lowest BCUT2D eigenvalue weighted by Gasteiger charge is -2.47.